The van der Waals surface area contributed by atoms with Crippen LogP contribution in [0.5, 0.6) is 0 Å². The summed E-state index contributed by atoms with van der Waals surface area (Å²) >= 11 is 0. The number of aliphatic imine (C=N–C) groups is 1. The molecule has 0 unspecified atom stereocenters. The van der Waals surface area contributed by atoms with E-state index in [1.165, 1.54) is 0 Å². The summed E-state index contributed by atoms with van der Waals surface area (Å²) in [6, 6.07) is 0. The van der Waals surface area contributed by atoms with Crippen molar-refractivity contribution in [1.29, 1.82) is 0 Å². The largest absolute Gasteiger partial charge is 0.375 e. The topological polar surface area (TPSA) is 59.4 Å². The quantitative estimate of drug-likeness (QED) is 0.484. The summed E-state index contributed by atoms with van der Waals surface area (Å²) in [5.74, 6) is 0. The maximum Gasteiger partial charge on any atom is 0.0825 e. The van der Waals surface area contributed by atoms with E-state index in [0.717, 1.165) is 13.1 Å². The van der Waals surface area contributed by atoms with Crippen molar-refractivity contribution in [2.75, 3.05) is 13.1 Å². The van der Waals surface area contributed by atoms with Crippen molar-refractivity contribution in [3.63, 3.8) is 0 Å². The predicted molar refractivity (Wildman–Crippen MR) is 33.6 cm³/mol. The average Bonchev–Trinajstić information content (AvgIpc) is 1.76. The summed E-state index contributed by atoms with van der Waals surface area (Å²) < 4.78 is 0. The zero-order chi connectivity index (χ0) is 3.54. The summed E-state index contributed by atoms with van der Waals surface area (Å²) in [5, 5.41) is 2.93. The summed E-state index contributed by atoms with van der Waals surface area (Å²) in [4.78, 5) is 3.85. The Morgan fingerprint density at radius 3 is 2.43 bits per heavy atom. The van der Waals surface area contributed by atoms with Crippen LogP contribution in [0.25, 0.3) is 0 Å². The van der Waals surface area contributed by atoms with E-state index in [-0.39, 0.29) is 18.6 Å². The number of rotatable bonds is 0. The Labute approximate surface area is 49.2 Å². The zero-order valence-electron chi connectivity index (χ0n) is 4.05. The van der Waals surface area contributed by atoms with Crippen molar-refractivity contribution >= 4 is 18.7 Å². The Bertz CT molecular complexity index is 48.1. The van der Waals surface area contributed by atoms with Crippen LogP contribution in [0, 0.1) is 0 Å². The molecule has 0 amide bonds. The summed E-state index contributed by atoms with van der Waals surface area (Å²) in [6.45, 7) is 1.99. The van der Waals surface area contributed by atoms with Crippen molar-refractivity contribution in [1.82, 2.24) is 11.5 Å². The van der Waals surface area contributed by atoms with E-state index in [9.17, 15) is 0 Å². The van der Waals surface area contributed by atoms with Gasteiger partial charge in [-0.3, -0.25) is 4.99 Å². The molecule has 0 atom stereocenters. The van der Waals surface area contributed by atoms with Crippen molar-refractivity contribution in [3.8, 4) is 0 Å². The monoisotopic (exact) mass is 123 g/mol. The Morgan fingerprint density at radius 1 is 1.57 bits per heavy atom. The molecule has 1 heterocycles. The van der Waals surface area contributed by atoms with Gasteiger partial charge in [0.05, 0.1) is 12.9 Å². The third-order valence-electron chi connectivity index (χ3n) is 0.568. The molecule has 0 radical (unpaired) electrons. The van der Waals surface area contributed by atoms with Crippen LogP contribution in [0.15, 0.2) is 4.99 Å². The minimum absolute atomic E-state index is 0. The van der Waals surface area contributed by atoms with Gasteiger partial charge >= 0.3 is 0 Å². The molecule has 44 valence electrons. The van der Waals surface area contributed by atoms with Crippen LogP contribution in [0.3, 0.4) is 0 Å². The molecule has 1 aliphatic heterocycles. The van der Waals surface area contributed by atoms with Gasteiger partial charge in [-0.1, -0.05) is 0 Å². The van der Waals surface area contributed by atoms with Gasteiger partial charge in [0.25, 0.3) is 0 Å². The molecule has 3 nitrogen and oxygen atoms in total. The molecular formula is C3H10ClN3. The normalized spacial score (nSPS) is 13.7. The van der Waals surface area contributed by atoms with Gasteiger partial charge in [0.15, 0.2) is 0 Å². The fourth-order valence-electron chi connectivity index (χ4n) is 0.323. The molecule has 0 fully saturated rings. The third kappa shape index (κ3) is 3.55. The van der Waals surface area contributed by atoms with Crippen molar-refractivity contribution in [2.24, 2.45) is 4.99 Å². The highest BCUT2D eigenvalue weighted by Gasteiger charge is 1.82. The SMILES string of the molecule is C1=NCCN1.Cl.N. The van der Waals surface area contributed by atoms with Crippen LogP contribution in [-0.4, -0.2) is 19.4 Å². The molecule has 0 spiro atoms. The zero-order valence-corrected chi connectivity index (χ0v) is 4.87. The minimum Gasteiger partial charge on any atom is -0.375 e. The van der Waals surface area contributed by atoms with Crippen molar-refractivity contribution in [3.05, 3.63) is 0 Å². The van der Waals surface area contributed by atoms with Crippen LogP contribution in [0.4, 0.5) is 0 Å². The minimum atomic E-state index is 0. The van der Waals surface area contributed by atoms with Crippen LogP contribution in [0.1, 0.15) is 0 Å². The molecule has 0 aromatic carbocycles. The van der Waals surface area contributed by atoms with Crippen LogP contribution in [-0.2, 0) is 0 Å². The second-order valence-corrected chi connectivity index (χ2v) is 0.989. The number of halogens is 1. The molecule has 0 aromatic rings. The van der Waals surface area contributed by atoms with E-state index in [2.05, 4.69) is 10.3 Å². The smallest absolute Gasteiger partial charge is 0.0825 e. The second kappa shape index (κ2) is 5.72. The maximum atomic E-state index is 3.85. The van der Waals surface area contributed by atoms with Gasteiger partial charge in [0.1, 0.15) is 0 Å². The molecule has 0 saturated carbocycles. The van der Waals surface area contributed by atoms with Gasteiger partial charge in [-0.25, -0.2) is 0 Å². The molecule has 0 saturated heterocycles. The van der Waals surface area contributed by atoms with Crippen LogP contribution < -0.4 is 11.5 Å². The lowest BCUT2D eigenvalue weighted by molar-refractivity contribution is 0.965. The first kappa shape index (κ1) is 9.87. The molecule has 1 rings (SSSR count). The van der Waals surface area contributed by atoms with E-state index < -0.39 is 0 Å². The first-order valence-corrected chi connectivity index (χ1v) is 1.72. The lowest BCUT2D eigenvalue weighted by Gasteiger charge is -1.75. The highest BCUT2D eigenvalue weighted by molar-refractivity contribution is 5.85. The molecule has 4 N–H and O–H groups in total. The lowest BCUT2D eigenvalue weighted by atomic mass is 10.7. The number of nitrogens with one attached hydrogen (secondary N) is 1. The van der Waals surface area contributed by atoms with E-state index >= 15 is 0 Å². The predicted octanol–water partition coefficient (Wildman–Crippen LogP) is 0.202. The highest BCUT2D eigenvalue weighted by Crippen LogP contribution is 1.68. The van der Waals surface area contributed by atoms with Crippen LogP contribution in [0.2, 0.25) is 0 Å². The van der Waals surface area contributed by atoms with Gasteiger partial charge in [0.2, 0.25) is 0 Å². The van der Waals surface area contributed by atoms with Crippen LogP contribution >= 0.6 is 12.4 Å². The van der Waals surface area contributed by atoms with E-state index in [1.807, 2.05) is 0 Å². The molecule has 7 heavy (non-hydrogen) atoms. The lowest BCUT2D eigenvalue weighted by Crippen LogP contribution is -2.04. The number of hydrogen-bond acceptors (Lipinski definition) is 3. The van der Waals surface area contributed by atoms with Crippen molar-refractivity contribution < 1.29 is 0 Å². The summed E-state index contributed by atoms with van der Waals surface area (Å²) in [6.07, 6.45) is 1.74. The number of hydrogen-bond donors (Lipinski definition) is 2. The third-order valence-corrected chi connectivity index (χ3v) is 0.568. The van der Waals surface area contributed by atoms with E-state index in [1.54, 1.807) is 6.34 Å². The second-order valence-electron chi connectivity index (χ2n) is 0.989. The Kier molecular flexibility index (Phi) is 8.06. The van der Waals surface area contributed by atoms with Gasteiger partial charge in [-0.2, -0.15) is 0 Å². The molecule has 0 aliphatic carbocycles. The van der Waals surface area contributed by atoms with E-state index in [4.69, 9.17) is 0 Å². The van der Waals surface area contributed by atoms with Gasteiger partial charge in [-0.05, 0) is 0 Å². The Morgan fingerprint density at radius 2 is 2.29 bits per heavy atom. The molecule has 0 bridgehead atoms. The van der Waals surface area contributed by atoms with E-state index in [0.29, 0.717) is 0 Å². The average molecular weight is 124 g/mol. The first-order chi connectivity index (χ1) is 2.50. The highest BCUT2D eigenvalue weighted by atomic mass is 35.5. The standard InChI is InChI=1S/C3H6N2.ClH.H3N/c1-2-5-3-4-1;;/h3H,1-2H2,(H,4,5);1H;1H3. The summed E-state index contributed by atoms with van der Waals surface area (Å²) in [7, 11) is 0. The number of nitrogens with zero attached hydrogens (tertiary/aromatic N) is 1. The fourth-order valence-corrected chi connectivity index (χ4v) is 0.323. The first-order valence-electron chi connectivity index (χ1n) is 1.72. The molecular weight excluding hydrogens is 114 g/mol. The van der Waals surface area contributed by atoms with Gasteiger partial charge in [-0.15, -0.1) is 12.4 Å². The maximum absolute atomic E-state index is 3.85. The van der Waals surface area contributed by atoms with Gasteiger partial charge in [0, 0.05) is 6.54 Å². The summed E-state index contributed by atoms with van der Waals surface area (Å²) in [5.41, 5.74) is 0. The molecule has 0 aromatic heterocycles. The fraction of sp³-hybridized carbons (Fsp3) is 0.667. The molecule has 1 aliphatic rings. The Balaban J connectivity index is 0. The van der Waals surface area contributed by atoms with Gasteiger partial charge < -0.3 is 11.5 Å². The van der Waals surface area contributed by atoms with Crippen molar-refractivity contribution in [2.45, 2.75) is 0 Å². The molecule has 4 heteroatoms. The Hall–Kier alpha value is -0.280.